The Morgan fingerprint density at radius 3 is 2.62 bits per heavy atom. The summed E-state index contributed by atoms with van der Waals surface area (Å²) in [5.41, 5.74) is 1.40. The van der Waals surface area contributed by atoms with E-state index in [4.69, 9.17) is 27.9 Å². The predicted molar refractivity (Wildman–Crippen MR) is 90.5 cm³/mol. The Morgan fingerprint density at radius 2 is 1.96 bits per heavy atom. The number of nitrogens with zero attached hydrogens (tertiary/aromatic N) is 1. The molecule has 1 heterocycles. The van der Waals surface area contributed by atoms with Gasteiger partial charge in [0.15, 0.2) is 11.6 Å². The third-order valence-electron chi connectivity index (χ3n) is 3.72. The maximum Gasteiger partial charge on any atom is 0.354 e. The van der Waals surface area contributed by atoms with Crippen LogP contribution in [-0.2, 0) is 11.3 Å². The number of rotatable bonds is 3. The van der Waals surface area contributed by atoms with Crippen LogP contribution in [0.2, 0.25) is 10.0 Å². The normalized spacial score (nSPS) is 11.0. The lowest BCUT2D eigenvalue weighted by molar-refractivity contribution is 0.0589. The number of aromatic nitrogens is 1. The number of fused-ring (bicyclic) bond motifs is 1. The monoisotopic (exact) mass is 367 g/mol. The first-order valence-corrected chi connectivity index (χ1v) is 7.71. The van der Waals surface area contributed by atoms with Crippen LogP contribution in [0.3, 0.4) is 0 Å². The van der Waals surface area contributed by atoms with Gasteiger partial charge in [0.05, 0.1) is 22.7 Å². The van der Waals surface area contributed by atoms with Crippen molar-refractivity contribution in [1.29, 1.82) is 0 Å². The van der Waals surface area contributed by atoms with Gasteiger partial charge in [0.25, 0.3) is 0 Å². The second kappa shape index (κ2) is 6.34. The van der Waals surface area contributed by atoms with Crippen LogP contribution in [0.25, 0.3) is 10.9 Å². The van der Waals surface area contributed by atoms with Crippen LogP contribution in [0, 0.1) is 5.82 Å². The lowest BCUT2D eigenvalue weighted by Gasteiger charge is -2.11. The van der Waals surface area contributed by atoms with E-state index < -0.39 is 17.5 Å². The van der Waals surface area contributed by atoms with Crippen molar-refractivity contribution in [2.24, 2.45) is 0 Å². The van der Waals surface area contributed by atoms with E-state index in [0.717, 1.165) is 5.56 Å². The van der Waals surface area contributed by atoms with Crippen LogP contribution in [0.1, 0.15) is 16.1 Å². The van der Waals surface area contributed by atoms with E-state index in [1.165, 1.54) is 25.3 Å². The van der Waals surface area contributed by atoms with Crippen LogP contribution in [-0.4, -0.2) is 22.8 Å². The van der Waals surface area contributed by atoms with E-state index >= 15 is 0 Å². The summed E-state index contributed by atoms with van der Waals surface area (Å²) in [6.45, 7) is 0.259. The van der Waals surface area contributed by atoms with Gasteiger partial charge < -0.3 is 14.4 Å². The quantitative estimate of drug-likeness (QED) is 0.686. The molecule has 2 aromatic carbocycles. The van der Waals surface area contributed by atoms with Gasteiger partial charge in [-0.2, -0.15) is 0 Å². The Morgan fingerprint density at radius 1 is 1.21 bits per heavy atom. The lowest BCUT2D eigenvalue weighted by atomic mass is 10.2. The van der Waals surface area contributed by atoms with Crippen molar-refractivity contribution in [2.75, 3.05) is 7.11 Å². The summed E-state index contributed by atoms with van der Waals surface area (Å²) in [6.07, 6.45) is 0. The minimum atomic E-state index is -0.787. The highest BCUT2D eigenvalue weighted by molar-refractivity contribution is 6.42. The topological polar surface area (TPSA) is 51.5 Å². The third kappa shape index (κ3) is 2.81. The molecule has 3 aromatic rings. The number of phenolic OH excluding ortho intramolecular Hbond substituents is 1. The van der Waals surface area contributed by atoms with E-state index in [1.54, 1.807) is 22.8 Å². The number of hydrogen-bond acceptors (Lipinski definition) is 3. The van der Waals surface area contributed by atoms with Crippen molar-refractivity contribution in [2.45, 2.75) is 6.54 Å². The Balaban J connectivity index is 2.18. The van der Waals surface area contributed by atoms with Gasteiger partial charge in [-0.25, -0.2) is 9.18 Å². The fraction of sp³-hybridized carbons (Fsp3) is 0.118. The largest absolute Gasteiger partial charge is 0.505 e. The molecule has 4 nitrogen and oxygen atoms in total. The average molecular weight is 368 g/mol. The number of esters is 1. The Labute approximate surface area is 147 Å². The highest BCUT2D eigenvalue weighted by Gasteiger charge is 2.20. The minimum absolute atomic E-state index is 0.135. The number of benzene rings is 2. The fourth-order valence-electron chi connectivity index (χ4n) is 2.55. The number of aromatic hydroxyl groups is 1. The molecule has 0 aliphatic rings. The highest BCUT2D eigenvalue weighted by Crippen LogP contribution is 2.30. The second-order valence-electron chi connectivity index (χ2n) is 5.19. The van der Waals surface area contributed by atoms with Crippen molar-refractivity contribution in [3.05, 3.63) is 63.5 Å². The molecule has 7 heteroatoms. The smallest absolute Gasteiger partial charge is 0.354 e. The molecule has 0 spiro atoms. The van der Waals surface area contributed by atoms with Crippen LogP contribution >= 0.6 is 23.2 Å². The second-order valence-corrected chi connectivity index (χ2v) is 6.00. The zero-order valence-corrected chi connectivity index (χ0v) is 14.0. The molecule has 1 aromatic heterocycles. The fourth-order valence-corrected chi connectivity index (χ4v) is 2.87. The number of carbonyl (C=O) groups is 1. The molecule has 0 amide bonds. The minimum Gasteiger partial charge on any atom is -0.505 e. The molecule has 0 saturated heterocycles. The average Bonchev–Trinajstić information content (AvgIpc) is 2.93. The Kier molecular flexibility index (Phi) is 4.39. The molecule has 3 rings (SSSR count). The molecule has 0 fully saturated rings. The van der Waals surface area contributed by atoms with Crippen LogP contribution < -0.4 is 0 Å². The van der Waals surface area contributed by atoms with Gasteiger partial charge in [-0.1, -0.05) is 29.3 Å². The van der Waals surface area contributed by atoms with Crippen LogP contribution in [0.4, 0.5) is 4.39 Å². The van der Waals surface area contributed by atoms with E-state index in [-0.39, 0.29) is 17.6 Å². The molecule has 24 heavy (non-hydrogen) atoms. The summed E-state index contributed by atoms with van der Waals surface area (Å²) in [5, 5.41) is 10.5. The van der Waals surface area contributed by atoms with Crippen molar-refractivity contribution >= 4 is 40.1 Å². The first-order valence-electron chi connectivity index (χ1n) is 6.95. The van der Waals surface area contributed by atoms with Gasteiger partial charge >= 0.3 is 5.97 Å². The maximum atomic E-state index is 14.2. The molecule has 0 atom stereocenters. The molecular weight excluding hydrogens is 356 g/mol. The third-order valence-corrected chi connectivity index (χ3v) is 4.46. The van der Waals surface area contributed by atoms with Gasteiger partial charge in [-0.05, 0) is 35.9 Å². The van der Waals surface area contributed by atoms with Crippen molar-refractivity contribution in [3.63, 3.8) is 0 Å². The molecule has 0 unspecified atom stereocenters. The van der Waals surface area contributed by atoms with Gasteiger partial charge in [-0.15, -0.1) is 0 Å². The molecular formula is C17H12Cl2FNO3. The Bertz CT molecular complexity index is 953. The molecule has 0 radical (unpaired) electrons. The summed E-state index contributed by atoms with van der Waals surface area (Å²) >= 11 is 11.9. The molecule has 0 aliphatic carbocycles. The zero-order chi connectivity index (χ0) is 17.4. The maximum absolute atomic E-state index is 14.2. The number of methoxy groups -OCH3 is 1. The standard InChI is InChI=1S/C17H12Cl2FNO3/c1-24-17(23)14-7-10-13(4-5-15(22)16(10)20)21(14)8-9-2-3-11(18)12(19)6-9/h2-7,22H,8H2,1H3. The first kappa shape index (κ1) is 16.6. The summed E-state index contributed by atoms with van der Waals surface area (Å²) in [7, 11) is 1.25. The molecule has 0 aliphatic heterocycles. The van der Waals surface area contributed by atoms with Gasteiger partial charge in [0, 0.05) is 11.9 Å². The lowest BCUT2D eigenvalue weighted by Crippen LogP contribution is -2.11. The van der Waals surface area contributed by atoms with E-state index in [9.17, 15) is 14.3 Å². The Hall–Kier alpha value is -2.24. The van der Waals surface area contributed by atoms with E-state index in [0.29, 0.717) is 15.6 Å². The van der Waals surface area contributed by atoms with Gasteiger partial charge in [0.1, 0.15) is 5.69 Å². The summed E-state index contributed by atoms with van der Waals surface area (Å²) in [4.78, 5) is 12.0. The van der Waals surface area contributed by atoms with Crippen LogP contribution in [0.15, 0.2) is 36.4 Å². The zero-order valence-electron chi connectivity index (χ0n) is 12.5. The van der Waals surface area contributed by atoms with E-state index in [2.05, 4.69) is 0 Å². The number of hydrogen-bond donors (Lipinski definition) is 1. The van der Waals surface area contributed by atoms with E-state index in [1.807, 2.05) is 0 Å². The highest BCUT2D eigenvalue weighted by atomic mass is 35.5. The number of ether oxygens (including phenoxy) is 1. The summed E-state index contributed by atoms with van der Waals surface area (Å²) in [5.74, 6) is -1.87. The number of carbonyl (C=O) groups excluding carboxylic acids is 1. The van der Waals surface area contributed by atoms with Crippen molar-refractivity contribution in [3.8, 4) is 5.75 Å². The molecule has 0 bridgehead atoms. The first-order chi connectivity index (χ1) is 11.4. The van der Waals surface area contributed by atoms with Crippen LogP contribution in [0.5, 0.6) is 5.75 Å². The number of phenols is 1. The predicted octanol–water partition coefficient (Wildman–Crippen LogP) is 4.63. The van der Waals surface area contributed by atoms with Gasteiger partial charge in [-0.3, -0.25) is 0 Å². The number of halogens is 3. The molecule has 124 valence electrons. The summed E-state index contributed by atoms with van der Waals surface area (Å²) in [6, 6.07) is 9.22. The van der Waals surface area contributed by atoms with Crippen molar-refractivity contribution < 1.29 is 19.0 Å². The van der Waals surface area contributed by atoms with Crippen molar-refractivity contribution in [1.82, 2.24) is 4.57 Å². The van der Waals surface area contributed by atoms with Gasteiger partial charge in [0.2, 0.25) is 0 Å². The molecule has 1 N–H and O–H groups in total. The molecule has 0 saturated carbocycles. The summed E-state index contributed by atoms with van der Waals surface area (Å²) < 4.78 is 20.5. The SMILES string of the molecule is COC(=O)c1cc2c(F)c(O)ccc2n1Cc1ccc(Cl)c(Cl)c1.